The van der Waals surface area contributed by atoms with Gasteiger partial charge in [-0.15, -0.1) is 12.4 Å². The highest BCUT2D eigenvalue weighted by atomic mass is 35.5. The summed E-state index contributed by atoms with van der Waals surface area (Å²) in [5.41, 5.74) is 2.98. The third-order valence-corrected chi connectivity index (χ3v) is 3.03. The molecule has 1 aliphatic rings. The van der Waals surface area contributed by atoms with Gasteiger partial charge in [-0.3, -0.25) is 4.72 Å². The van der Waals surface area contributed by atoms with E-state index in [1.165, 1.54) is 11.8 Å². The molecule has 1 aliphatic heterocycles. The number of halogens is 1. The van der Waals surface area contributed by atoms with Crippen LogP contribution in [0, 0.1) is 0 Å². The summed E-state index contributed by atoms with van der Waals surface area (Å²) in [6.45, 7) is 1.68. The van der Waals surface area contributed by atoms with E-state index in [0.717, 1.165) is 25.1 Å². The number of nitrogens with one attached hydrogen (secondary N) is 2. The molecule has 0 spiro atoms. The van der Waals surface area contributed by atoms with Crippen LogP contribution in [0.4, 0.5) is 5.69 Å². The molecule has 2 rings (SSSR count). The molecule has 0 atom stereocenters. The molecule has 0 radical (unpaired) electrons. The zero-order valence-electron chi connectivity index (χ0n) is 8.99. The molecule has 16 heavy (non-hydrogen) atoms. The maximum Gasteiger partial charge on any atom is 0.229 e. The summed E-state index contributed by atoms with van der Waals surface area (Å²) < 4.78 is 24.9. The Bertz CT molecular complexity index is 474. The Kier molecular flexibility index (Phi) is 4.18. The summed E-state index contributed by atoms with van der Waals surface area (Å²) in [5, 5.41) is 3.23. The molecule has 0 aromatic heterocycles. The Labute approximate surface area is 102 Å². The molecule has 2 N–H and O–H groups in total. The van der Waals surface area contributed by atoms with Gasteiger partial charge in [-0.05, 0) is 30.2 Å². The Morgan fingerprint density at radius 2 is 2.12 bits per heavy atom. The molecule has 1 heterocycles. The summed E-state index contributed by atoms with van der Waals surface area (Å²) in [6, 6.07) is 5.73. The molecular weight excluding hydrogens is 248 g/mol. The summed E-state index contributed by atoms with van der Waals surface area (Å²) in [5.74, 6) is 0. The molecule has 0 saturated heterocycles. The maximum absolute atomic E-state index is 11.2. The van der Waals surface area contributed by atoms with Crippen molar-refractivity contribution in [2.45, 2.75) is 13.0 Å². The second kappa shape index (κ2) is 5.03. The first-order valence-corrected chi connectivity index (χ1v) is 6.75. The monoisotopic (exact) mass is 262 g/mol. The fraction of sp³-hybridized carbons (Fsp3) is 0.400. The van der Waals surface area contributed by atoms with Crippen LogP contribution >= 0.6 is 12.4 Å². The Morgan fingerprint density at radius 3 is 2.81 bits per heavy atom. The fourth-order valence-electron chi connectivity index (χ4n) is 1.81. The normalized spacial score (nSPS) is 14.8. The molecule has 0 aliphatic carbocycles. The summed E-state index contributed by atoms with van der Waals surface area (Å²) in [6.07, 6.45) is 2.12. The van der Waals surface area contributed by atoms with Crippen molar-refractivity contribution in [3.63, 3.8) is 0 Å². The molecular formula is C10H15ClN2O2S. The molecule has 1 aromatic carbocycles. The maximum atomic E-state index is 11.2. The molecule has 6 heteroatoms. The van der Waals surface area contributed by atoms with Crippen LogP contribution in [-0.4, -0.2) is 21.2 Å². The van der Waals surface area contributed by atoms with Gasteiger partial charge in [0.2, 0.25) is 10.0 Å². The average molecular weight is 263 g/mol. The quantitative estimate of drug-likeness (QED) is 0.840. The number of sulfonamides is 1. The molecule has 0 unspecified atom stereocenters. The lowest BCUT2D eigenvalue weighted by atomic mass is 10.00. The molecule has 0 saturated carbocycles. The third kappa shape index (κ3) is 3.10. The summed E-state index contributed by atoms with van der Waals surface area (Å²) >= 11 is 0. The van der Waals surface area contributed by atoms with Crippen molar-refractivity contribution in [3.05, 3.63) is 29.3 Å². The summed E-state index contributed by atoms with van der Waals surface area (Å²) in [4.78, 5) is 0. The summed E-state index contributed by atoms with van der Waals surface area (Å²) in [7, 11) is -3.19. The van der Waals surface area contributed by atoms with Crippen molar-refractivity contribution in [1.82, 2.24) is 5.32 Å². The van der Waals surface area contributed by atoms with Crippen molar-refractivity contribution >= 4 is 28.1 Å². The lowest BCUT2D eigenvalue weighted by Crippen LogP contribution is -2.25. The minimum absolute atomic E-state index is 0. The first-order chi connectivity index (χ1) is 7.06. The zero-order chi connectivity index (χ0) is 10.9. The Balaban J connectivity index is 0.00000128. The fourth-order valence-corrected chi connectivity index (χ4v) is 2.40. The molecule has 90 valence electrons. The molecule has 0 bridgehead atoms. The smallest absolute Gasteiger partial charge is 0.229 e. The van der Waals surface area contributed by atoms with Crippen LogP contribution in [-0.2, 0) is 23.0 Å². The van der Waals surface area contributed by atoms with Crippen molar-refractivity contribution < 1.29 is 8.42 Å². The predicted molar refractivity (Wildman–Crippen MR) is 67.6 cm³/mol. The molecule has 4 nitrogen and oxygen atoms in total. The zero-order valence-corrected chi connectivity index (χ0v) is 10.6. The van der Waals surface area contributed by atoms with Crippen LogP contribution in [0.1, 0.15) is 11.1 Å². The van der Waals surface area contributed by atoms with E-state index in [1.54, 1.807) is 6.07 Å². The first-order valence-electron chi connectivity index (χ1n) is 4.85. The van der Waals surface area contributed by atoms with Crippen molar-refractivity contribution in [3.8, 4) is 0 Å². The second-order valence-corrected chi connectivity index (χ2v) is 5.49. The minimum atomic E-state index is -3.19. The largest absolute Gasteiger partial charge is 0.312 e. The minimum Gasteiger partial charge on any atom is -0.312 e. The Morgan fingerprint density at radius 1 is 1.38 bits per heavy atom. The van der Waals surface area contributed by atoms with Crippen LogP contribution < -0.4 is 10.0 Å². The van der Waals surface area contributed by atoms with Crippen LogP contribution in [0.3, 0.4) is 0 Å². The third-order valence-electron chi connectivity index (χ3n) is 2.44. The Hall–Kier alpha value is -0.780. The van der Waals surface area contributed by atoms with Gasteiger partial charge in [-0.25, -0.2) is 8.42 Å². The molecule has 0 amide bonds. The van der Waals surface area contributed by atoms with Gasteiger partial charge in [0, 0.05) is 6.54 Å². The van der Waals surface area contributed by atoms with Gasteiger partial charge >= 0.3 is 0 Å². The first kappa shape index (κ1) is 13.3. The highest BCUT2D eigenvalue weighted by Gasteiger charge is 2.14. The van der Waals surface area contributed by atoms with Crippen LogP contribution in [0.5, 0.6) is 0 Å². The van der Waals surface area contributed by atoms with E-state index < -0.39 is 10.0 Å². The van der Waals surface area contributed by atoms with Gasteiger partial charge in [0.15, 0.2) is 0 Å². The van der Waals surface area contributed by atoms with E-state index in [4.69, 9.17) is 0 Å². The van der Waals surface area contributed by atoms with Crippen LogP contribution in [0.15, 0.2) is 18.2 Å². The standard InChI is InChI=1S/C10H14N2O2S.ClH/c1-15(13,14)12-10-4-2-3-8-5-6-11-7-9(8)10;/h2-4,11-12H,5-7H2,1H3;1H. The van der Waals surface area contributed by atoms with E-state index in [1.807, 2.05) is 12.1 Å². The number of benzene rings is 1. The number of hydrogen-bond donors (Lipinski definition) is 2. The van der Waals surface area contributed by atoms with E-state index in [-0.39, 0.29) is 12.4 Å². The number of hydrogen-bond acceptors (Lipinski definition) is 3. The van der Waals surface area contributed by atoms with Gasteiger partial charge < -0.3 is 5.32 Å². The van der Waals surface area contributed by atoms with Gasteiger partial charge in [0.25, 0.3) is 0 Å². The average Bonchev–Trinajstić information content (AvgIpc) is 2.16. The lowest BCUT2D eigenvalue weighted by Gasteiger charge is -2.20. The van der Waals surface area contributed by atoms with Crippen molar-refractivity contribution in [2.75, 3.05) is 17.5 Å². The van der Waals surface area contributed by atoms with E-state index in [2.05, 4.69) is 10.0 Å². The van der Waals surface area contributed by atoms with Gasteiger partial charge in [-0.1, -0.05) is 12.1 Å². The molecule has 1 aromatic rings. The van der Waals surface area contributed by atoms with E-state index in [9.17, 15) is 8.42 Å². The second-order valence-electron chi connectivity index (χ2n) is 3.74. The van der Waals surface area contributed by atoms with Gasteiger partial charge in [0.05, 0.1) is 11.9 Å². The highest BCUT2D eigenvalue weighted by molar-refractivity contribution is 7.92. The van der Waals surface area contributed by atoms with E-state index in [0.29, 0.717) is 5.69 Å². The van der Waals surface area contributed by atoms with Crippen molar-refractivity contribution in [1.29, 1.82) is 0 Å². The predicted octanol–water partition coefficient (Wildman–Crippen LogP) is 1.13. The highest BCUT2D eigenvalue weighted by Crippen LogP contribution is 2.23. The lowest BCUT2D eigenvalue weighted by molar-refractivity contribution is 0.606. The number of fused-ring (bicyclic) bond motifs is 1. The van der Waals surface area contributed by atoms with E-state index >= 15 is 0 Å². The van der Waals surface area contributed by atoms with Crippen LogP contribution in [0.25, 0.3) is 0 Å². The van der Waals surface area contributed by atoms with Gasteiger partial charge in [-0.2, -0.15) is 0 Å². The van der Waals surface area contributed by atoms with Crippen molar-refractivity contribution in [2.24, 2.45) is 0 Å². The van der Waals surface area contributed by atoms with Gasteiger partial charge in [0.1, 0.15) is 0 Å². The van der Waals surface area contributed by atoms with Crippen LogP contribution in [0.2, 0.25) is 0 Å². The topological polar surface area (TPSA) is 58.2 Å². The number of rotatable bonds is 2. The number of anilines is 1. The molecule has 0 fully saturated rings. The SMILES string of the molecule is CS(=O)(=O)Nc1cccc2c1CNCC2.Cl.